The number of urea groups is 1. The van der Waals surface area contributed by atoms with Crippen LogP contribution in [0.1, 0.15) is 23.4 Å². The van der Waals surface area contributed by atoms with Crippen molar-refractivity contribution >= 4 is 23.7 Å². The summed E-state index contributed by atoms with van der Waals surface area (Å²) in [5, 5.41) is 3.00. The van der Waals surface area contributed by atoms with Gasteiger partial charge in [-0.15, -0.1) is 11.8 Å². The van der Waals surface area contributed by atoms with E-state index in [4.69, 9.17) is 0 Å². The first-order chi connectivity index (χ1) is 12.6. The monoisotopic (exact) mass is 377 g/mol. The zero-order chi connectivity index (χ0) is 18.5. The van der Waals surface area contributed by atoms with Gasteiger partial charge in [-0.1, -0.05) is 29.8 Å². The molecule has 26 heavy (non-hydrogen) atoms. The highest BCUT2D eigenvalue weighted by atomic mass is 32.2. The van der Waals surface area contributed by atoms with Crippen LogP contribution in [0.5, 0.6) is 0 Å². The molecule has 7 heteroatoms. The summed E-state index contributed by atoms with van der Waals surface area (Å²) in [6.45, 7) is 9.87. The zero-order valence-electron chi connectivity index (χ0n) is 15.7. The van der Waals surface area contributed by atoms with Gasteiger partial charge in [0.25, 0.3) is 0 Å². The zero-order valence-corrected chi connectivity index (χ0v) is 16.5. The molecule has 2 N–H and O–H groups in total. The molecule has 6 nitrogen and oxygen atoms in total. The normalized spacial score (nSPS) is 21.3. The van der Waals surface area contributed by atoms with E-state index < -0.39 is 0 Å². The highest BCUT2D eigenvalue weighted by Crippen LogP contribution is 2.38. The molecule has 142 valence electrons. The SMILES string of the molecule is CCNC(=O)N1CC[NH+](CCN2C(=O)CS[C@H]2c2ccc(C)cc2)CC1. The van der Waals surface area contributed by atoms with Gasteiger partial charge in [-0.2, -0.15) is 0 Å². The molecule has 2 aliphatic rings. The first kappa shape index (κ1) is 19.0. The first-order valence-corrected chi connectivity index (χ1v) is 10.5. The molecule has 0 aromatic heterocycles. The van der Waals surface area contributed by atoms with Crippen LogP contribution in [-0.2, 0) is 4.79 Å². The van der Waals surface area contributed by atoms with Gasteiger partial charge in [-0.3, -0.25) is 4.79 Å². The fraction of sp³-hybridized carbons (Fsp3) is 0.579. The summed E-state index contributed by atoms with van der Waals surface area (Å²) in [5.74, 6) is 0.805. The molecule has 0 bridgehead atoms. The summed E-state index contributed by atoms with van der Waals surface area (Å²) in [4.78, 5) is 29.6. The average Bonchev–Trinajstić information content (AvgIpc) is 3.02. The molecule has 1 aromatic carbocycles. The smallest absolute Gasteiger partial charge is 0.317 e. The average molecular weight is 378 g/mol. The van der Waals surface area contributed by atoms with Crippen molar-refractivity contribution in [3.63, 3.8) is 0 Å². The van der Waals surface area contributed by atoms with E-state index in [1.54, 1.807) is 11.8 Å². The molecule has 0 saturated carbocycles. The highest BCUT2D eigenvalue weighted by Gasteiger charge is 2.33. The van der Waals surface area contributed by atoms with Gasteiger partial charge in [0.05, 0.1) is 45.0 Å². The van der Waals surface area contributed by atoms with Crippen LogP contribution in [0, 0.1) is 6.92 Å². The molecule has 2 fully saturated rings. The van der Waals surface area contributed by atoms with Crippen LogP contribution in [0.15, 0.2) is 24.3 Å². The second-order valence-corrected chi connectivity index (χ2v) is 8.05. The van der Waals surface area contributed by atoms with Gasteiger partial charge in [-0.25, -0.2) is 4.79 Å². The lowest BCUT2D eigenvalue weighted by Crippen LogP contribution is -3.15. The summed E-state index contributed by atoms with van der Waals surface area (Å²) in [7, 11) is 0. The van der Waals surface area contributed by atoms with Gasteiger partial charge in [0.1, 0.15) is 5.37 Å². The molecule has 2 saturated heterocycles. The maximum atomic E-state index is 12.3. The number of quaternary nitrogens is 1. The van der Waals surface area contributed by atoms with Crippen molar-refractivity contribution in [2.75, 3.05) is 51.6 Å². The van der Waals surface area contributed by atoms with Crippen LogP contribution in [0.4, 0.5) is 4.79 Å². The van der Waals surface area contributed by atoms with Crippen molar-refractivity contribution in [3.05, 3.63) is 35.4 Å². The van der Waals surface area contributed by atoms with Gasteiger partial charge >= 0.3 is 6.03 Å². The molecule has 0 spiro atoms. The van der Waals surface area contributed by atoms with Crippen LogP contribution in [0.2, 0.25) is 0 Å². The number of nitrogens with zero attached hydrogens (tertiary/aromatic N) is 2. The molecule has 1 atom stereocenters. The number of hydrogen-bond acceptors (Lipinski definition) is 3. The molecule has 2 aliphatic heterocycles. The van der Waals surface area contributed by atoms with Crippen LogP contribution in [-0.4, -0.2) is 73.3 Å². The molecule has 0 radical (unpaired) electrons. The number of carbonyl (C=O) groups excluding carboxylic acids is 2. The van der Waals surface area contributed by atoms with E-state index in [1.165, 1.54) is 16.0 Å². The number of rotatable bonds is 5. The summed E-state index contributed by atoms with van der Waals surface area (Å²) >= 11 is 1.72. The van der Waals surface area contributed by atoms with E-state index in [2.05, 4.69) is 36.5 Å². The number of aryl methyl sites for hydroxylation is 1. The number of piperazine rings is 1. The third-order valence-electron chi connectivity index (χ3n) is 5.12. The maximum Gasteiger partial charge on any atom is 0.317 e. The Balaban J connectivity index is 1.51. The van der Waals surface area contributed by atoms with Gasteiger partial charge in [-0.05, 0) is 19.4 Å². The number of benzene rings is 1. The summed E-state index contributed by atoms with van der Waals surface area (Å²) in [6.07, 6.45) is 0. The van der Waals surface area contributed by atoms with E-state index in [0.29, 0.717) is 12.3 Å². The van der Waals surface area contributed by atoms with Crippen molar-refractivity contribution in [1.29, 1.82) is 0 Å². The Kier molecular flexibility index (Phi) is 6.43. The summed E-state index contributed by atoms with van der Waals surface area (Å²) < 4.78 is 0. The Morgan fingerprint density at radius 3 is 2.62 bits per heavy atom. The Labute approximate surface area is 159 Å². The van der Waals surface area contributed by atoms with E-state index >= 15 is 0 Å². The third kappa shape index (κ3) is 4.51. The molecular formula is C19H29N4O2S+. The predicted molar refractivity (Wildman–Crippen MR) is 104 cm³/mol. The summed E-state index contributed by atoms with van der Waals surface area (Å²) in [5.41, 5.74) is 2.45. The minimum atomic E-state index is 0.0390. The fourth-order valence-electron chi connectivity index (χ4n) is 3.52. The van der Waals surface area contributed by atoms with Gasteiger partial charge in [0.2, 0.25) is 5.91 Å². The van der Waals surface area contributed by atoms with E-state index in [9.17, 15) is 9.59 Å². The fourth-order valence-corrected chi connectivity index (χ4v) is 4.74. The topological polar surface area (TPSA) is 57.1 Å². The lowest BCUT2D eigenvalue weighted by Gasteiger charge is -2.33. The number of carbonyl (C=O) groups is 2. The van der Waals surface area contributed by atoms with Crippen molar-refractivity contribution in [2.24, 2.45) is 0 Å². The molecule has 0 aliphatic carbocycles. The summed E-state index contributed by atoms with van der Waals surface area (Å²) in [6, 6.07) is 8.54. The largest absolute Gasteiger partial charge is 0.338 e. The van der Waals surface area contributed by atoms with Crippen molar-refractivity contribution < 1.29 is 14.5 Å². The Morgan fingerprint density at radius 1 is 1.27 bits per heavy atom. The van der Waals surface area contributed by atoms with Gasteiger partial charge < -0.3 is 20.0 Å². The minimum absolute atomic E-state index is 0.0390. The minimum Gasteiger partial charge on any atom is -0.338 e. The highest BCUT2D eigenvalue weighted by molar-refractivity contribution is 8.00. The standard InChI is InChI=1S/C19H28N4O2S/c1-3-20-19(25)22-11-8-21(9-12-22)10-13-23-17(24)14-26-18(23)16-6-4-15(2)5-7-16/h4-7,18H,3,8-14H2,1-2H3,(H,20,25)/p+1/t18-/m0/s1. The van der Waals surface area contributed by atoms with Crippen LogP contribution in [0.3, 0.4) is 0 Å². The second-order valence-electron chi connectivity index (χ2n) is 6.98. The van der Waals surface area contributed by atoms with Crippen molar-refractivity contribution in [2.45, 2.75) is 19.2 Å². The first-order valence-electron chi connectivity index (χ1n) is 9.42. The van der Waals surface area contributed by atoms with Crippen LogP contribution in [0.25, 0.3) is 0 Å². The number of nitrogens with one attached hydrogen (secondary N) is 2. The molecular weight excluding hydrogens is 348 g/mol. The maximum absolute atomic E-state index is 12.3. The quantitative estimate of drug-likeness (QED) is 0.786. The van der Waals surface area contributed by atoms with Crippen molar-refractivity contribution in [1.82, 2.24) is 15.1 Å². The molecule has 0 unspecified atom stereocenters. The van der Waals surface area contributed by atoms with E-state index in [-0.39, 0.29) is 17.3 Å². The molecule has 3 rings (SSSR count). The predicted octanol–water partition coefficient (Wildman–Crippen LogP) is 0.499. The molecule has 3 amide bonds. The Morgan fingerprint density at radius 2 is 1.96 bits per heavy atom. The number of thioether (sulfide) groups is 1. The Bertz CT molecular complexity index is 629. The van der Waals surface area contributed by atoms with E-state index in [0.717, 1.165) is 39.3 Å². The van der Waals surface area contributed by atoms with Gasteiger partial charge in [0, 0.05) is 6.54 Å². The molecule has 1 aromatic rings. The lowest BCUT2D eigenvalue weighted by atomic mass is 10.1. The third-order valence-corrected chi connectivity index (χ3v) is 6.38. The number of amides is 3. The Hall–Kier alpha value is -1.73. The van der Waals surface area contributed by atoms with E-state index in [1.807, 2.05) is 16.7 Å². The lowest BCUT2D eigenvalue weighted by molar-refractivity contribution is -0.903. The second kappa shape index (κ2) is 8.77. The van der Waals surface area contributed by atoms with Crippen molar-refractivity contribution in [3.8, 4) is 0 Å². The number of hydrogen-bond donors (Lipinski definition) is 2. The van der Waals surface area contributed by atoms with Crippen LogP contribution >= 0.6 is 11.8 Å². The van der Waals surface area contributed by atoms with Crippen LogP contribution < -0.4 is 10.2 Å². The van der Waals surface area contributed by atoms with Gasteiger partial charge in [0.15, 0.2) is 0 Å². The molecule has 2 heterocycles.